The summed E-state index contributed by atoms with van der Waals surface area (Å²) in [5.74, 6) is -0.469. The lowest BCUT2D eigenvalue weighted by Gasteiger charge is -2.12. The Balaban J connectivity index is 2.01. The number of carbonyl (C=O) groups is 2. The Labute approximate surface area is 146 Å². The molecule has 0 bridgehead atoms. The van der Waals surface area contributed by atoms with Crippen molar-refractivity contribution in [3.63, 3.8) is 0 Å². The molecule has 0 aliphatic rings. The number of aryl methyl sites for hydroxylation is 1. The zero-order valence-corrected chi connectivity index (χ0v) is 14.5. The molecule has 6 heteroatoms. The molecule has 0 aliphatic heterocycles. The predicted molar refractivity (Wildman–Crippen MR) is 94.3 cm³/mol. The van der Waals surface area contributed by atoms with Gasteiger partial charge in [-0.3, -0.25) is 4.79 Å². The zero-order chi connectivity index (χ0) is 18.2. The first-order valence-corrected chi connectivity index (χ1v) is 7.86. The van der Waals surface area contributed by atoms with Crippen LogP contribution in [0.3, 0.4) is 0 Å². The highest BCUT2D eigenvalue weighted by molar-refractivity contribution is 5.98. The van der Waals surface area contributed by atoms with Gasteiger partial charge in [-0.15, -0.1) is 0 Å². The summed E-state index contributed by atoms with van der Waals surface area (Å²) >= 11 is 0. The number of esters is 1. The third-order valence-electron chi connectivity index (χ3n) is 3.59. The minimum absolute atomic E-state index is 0.147. The number of anilines is 1. The first-order valence-electron chi connectivity index (χ1n) is 7.86. The van der Waals surface area contributed by atoms with Gasteiger partial charge in [0, 0.05) is 5.69 Å². The number of carbonyl (C=O) groups excluding carboxylic acids is 2. The number of hydrogen-bond acceptors (Lipinski definition) is 5. The summed E-state index contributed by atoms with van der Waals surface area (Å²) in [5, 5.41) is 2.70. The molecule has 0 fully saturated rings. The van der Waals surface area contributed by atoms with Crippen LogP contribution in [0.5, 0.6) is 11.5 Å². The maximum absolute atomic E-state index is 12.3. The third-order valence-corrected chi connectivity index (χ3v) is 3.59. The van der Waals surface area contributed by atoms with Gasteiger partial charge in [0.05, 0.1) is 14.2 Å². The summed E-state index contributed by atoms with van der Waals surface area (Å²) in [6, 6.07) is 12.4. The molecule has 0 radical (unpaired) electrons. The van der Waals surface area contributed by atoms with Gasteiger partial charge in [-0.05, 0) is 36.2 Å². The summed E-state index contributed by atoms with van der Waals surface area (Å²) in [5.41, 5.74) is 1.91. The number of nitrogens with one attached hydrogen (secondary N) is 1. The Kier molecular flexibility index (Phi) is 6.39. The Morgan fingerprint density at radius 1 is 1.00 bits per heavy atom. The van der Waals surface area contributed by atoms with Crippen LogP contribution in [0.25, 0.3) is 0 Å². The normalized spacial score (nSPS) is 10.0. The van der Waals surface area contributed by atoms with Gasteiger partial charge in [0.2, 0.25) is 0 Å². The fourth-order valence-corrected chi connectivity index (χ4v) is 2.32. The van der Waals surface area contributed by atoms with Crippen LogP contribution in [0.1, 0.15) is 22.8 Å². The highest BCUT2D eigenvalue weighted by atomic mass is 16.5. The SMILES string of the molecule is CCc1cccc(NC(=O)COC(=O)c2c(OC)cccc2OC)c1. The van der Waals surface area contributed by atoms with Crippen molar-refractivity contribution in [2.45, 2.75) is 13.3 Å². The summed E-state index contributed by atoms with van der Waals surface area (Å²) in [6.45, 7) is 1.62. The number of hydrogen-bond donors (Lipinski definition) is 1. The van der Waals surface area contributed by atoms with Gasteiger partial charge in [0.15, 0.2) is 6.61 Å². The van der Waals surface area contributed by atoms with Crippen molar-refractivity contribution in [2.24, 2.45) is 0 Å². The largest absolute Gasteiger partial charge is 0.496 e. The highest BCUT2D eigenvalue weighted by Gasteiger charge is 2.20. The van der Waals surface area contributed by atoms with Crippen LogP contribution in [-0.2, 0) is 16.0 Å². The number of benzene rings is 2. The number of ether oxygens (including phenoxy) is 3. The molecular formula is C19H21NO5. The lowest BCUT2D eigenvalue weighted by atomic mass is 10.1. The van der Waals surface area contributed by atoms with Crippen LogP contribution < -0.4 is 14.8 Å². The fourth-order valence-electron chi connectivity index (χ4n) is 2.32. The molecule has 2 rings (SSSR count). The first-order chi connectivity index (χ1) is 12.1. The number of rotatable bonds is 7. The Bertz CT molecular complexity index is 735. The van der Waals surface area contributed by atoms with Crippen molar-refractivity contribution in [3.05, 3.63) is 53.6 Å². The van der Waals surface area contributed by atoms with E-state index in [9.17, 15) is 9.59 Å². The monoisotopic (exact) mass is 343 g/mol. The Morgan fingerprint density at radius 2 is 1.64 bits per heavy atom. The molecule has 2 aromatic rings. The smallest absolute Gasteiger partial charge is 0.346 e. The van der Waals surface area contributed by atoms with Crippen LogP contribution in [0.15, 0.2) is 42.5 Å². The van der Waals surface area contributed by atoms with E-state index in [0.29, 0.717) is 17.2 Å². The van der Waals surface area contributed by atoms with Crippen molar-refractivity contribution in [3.8, 4) is 11.5 Å². The molecule has 132 valence electrons. The molecule has 2 aromatic carbocycles. The molecule has 1 N–H and O–H groups in total. The van der Waals surface area contributed by atoms with Crippen LogP contribution in [0, 0.1) is 0 Å². The van der Waals surface area contributed by atoms with Crippen LogP contribution in [-0.4, -0.2) is 32.7 Å². The average molecular weight is 343 g/mol. The predicted octanol–water partition coefficient (Wildman–Crippen LogP) is 3.06. The lowest BCUT2D eigenvalue weighted by molar-refractivity contribution is -0.119. The van der Waals surface area contributed by atoms with Crippen molar-refractivity contribution in [2.75, 3.05) is 26.1 Å². The summed E-state index contributed by atoms with van der Waals surface area (Å²) in [4.78, 5) is 24.3. The molecular weight excluding hydrogens is 322 g/mol. The number of amides is 1. The van der Waals surface area contributed by atoms with Gasteiger partial charge in [-0.1, -0.05) is 25.1 Å². The van der Waals surface area contributed by atoms with E-state index < -0.39 is 18.5 Å². The van der Waals surface area contributed by atoms with Crippen LogP contribution >= 0.6 is 0 Å². The van der Waals surface area contributed by atoms with E-state index in [2.05, 4.69) is 5.32 Å². The Morgan fingerprint density at radius 3 is 2.24 bits per heavy atom. The Hall–Kier alpha value is -3.02. The molecule has 0 heterocycles. The molecule has 0 spiro atoms. The highest BCUT2D eigenvalue weighted by Crippen LogP contribution is 2.28. The van der Waals surface area contributed by atoms with Gasteiger partial charge >= 0.3 is 5.97 Å². The quantitative estimate of drug-likeness (QED) is 0.782. The minimum atomic E-state index is -0.688. The molecule has 0 unspecified atom stereocenters. The van der Waals surface area contributed by atoms with Crippen molar-refractivity contribution in [1.29, 1.82) is 0 Å². The standard InChI is InChI=1S/C19H21NO5/c1-4-13-7-5-8-14(11-13)20-17(21)12-25-19(22)18-15(23-2)9-6-10-16(18)24-3/h5-11H,4,12H2,1-3H3,(H,20,21). The molecule has 25 heavy (non-hydrogen) atoms. The van der Waals surface area contributed by atoms with E-state index >= 15 is 0 Å². The fraction of sp³-hybridized carbons (Fsp3) is 0.263. The lowest BCUT2D eigenvalue weighted by Crippen LogP contribution is -2.21. The summed E-state index contributed by atoms with van der Waals surface area (Å²) < 4.78 is 15.4. The van der Waals surface area contributed by atoms with Gasteiger partial charge in [-0.25, -0.2) is 4.79 Å². The van der Waals surface area contributed by atoms with E-state index in [-0.39, 0.29) is 5.56 Å². The van der Waals surface area contributed by atoms with Crippen molar-refractivity contribution >= 4 is 17.6 Å². The topological polar surface area (TPSA) is 73.9 Å². The van der Waals surface area contributed by atoms with E-state index in [1.165, 1.54) is 14.2 Å². The minimum Gasteiger partial charge on any atom is -0.496 e. The second kappa shape index (κ2) is 8.73. The van der Waals surface area contributed by atoms with E-state index in [1.807, 2.05) is 25.1 Å². The second-order valence-electron chi connectivity index (χ2n) is 5.22. The maximum atomic E-state index is 12.3. The van der Waals surface area contributed by atoms with E-state index in [0.717, 1.165) is 12.0 Å². The van der Waals surface area contributed by atoms with Gasteiger partial charge in [0.25, 0.3) is 5.91 Å². The van der Waals surface area contributed by atoms with E-state index in [1.54, 1.807) is 24.3 Å². The maximum Gasteiger partial charge on any atom is 0.346 e. The first kappa shape index (κ1) is 18.3. The number of methoxy groups -OCH3 is 2. The van der Waals surface area contributed by atoms with Crippen molar-refractivity contribution in [1.82, 2.24) is 0 Å². The van der Waals surface area contributed by atoms with Gasteiger partial charge < -0.3 is 19.5 Å². The molecule has 0 saturated carbocycles. The molecule has 0 saturated heterocycles. The summed E-state index contributed by atoms with van der Waals surface area (Å²) in [7, 11) is 2.89. The second-order valence-corrected chi connectivity index (χ2v) is 5.22. The van der Waals surface area contributed by atoms with Gasteiger partial charge in [0.1, 0.15) is 17.1 Å². The van der Waals surface area contributed by atoms with E-state index in [4.69, 9.17) is 14.2 Å². The van der Waals surface area contributed by atoms with Crippen LogP contribution in [0.2, 0.25) is 0 Å². The zero-order valence-electron chi connectivity index (χ0n) is 14.5. The molecule has 0 atom stereocenters. The summed E-state index contributed by atoms with van der Waals surface area (Å²) in [6.07, 6.45) is 0.867. The molecule has 6 nitrogen and oxygen atoms in total. The average Bonchev–Trinajstić information content (AvgIpc) is 2.65. The molecule has 0 aliphatic carbocycles. The van der Waals surface area contributed by atoms with Crippen LogP contribution in [0.4, 0.5) is 5.69 Å². The molecule has 0 aromatic heterocycles. The molecule has 1 amide bonds. The van der Waals surface area contributed by atoms with Crippen molar-refractivity contribution < 1.29 is 23.8 Å². The van der Waals surface area contributed by atoms with Gasteiger partial charge in [-0.2, -0.15) is 0 Å². The third kappa shape index (κ3) is 4.73.